The zero-order valence-corrected chi connectivity index (χ0v) is 11.4. The highest BCUT2D eigenvalue weighted by Crippen LogP contribution is 2.31. The molecule has 0 radical (unpaired) electrons. The summed E-state index contributed by atoms with van der Waals surface area (Å²) < 4.78 is 2.29. The Morgan fingerprint density at radius 3 is 3.00 bits per heavy atom. The summed E-state index contributed by atoms with van der Waals surface area (Å²) in [7, 11) is 0. The van der Waals surface area contributed by atoms with Crippen LogP contribution >= 0.6 is 11.3 Å². The monoisotopic (exact) mass is 262 g/mol. The summed E-state index contributed by atoms with van der Waals surface area (Å²) in [5, 5.41) is 6.60. The molecule has 1 N–H and O–H groups in total. The molecule has 96 valence electrons. The van der Waals surface area contributed by atoms with Gasteiger partial charge in [-0.3, -0.25) is 0 Å². The number of hydrogen-bond donors (Lipinski definition) is 1. The van der Waals surface area contributed by atoms with Crippen LogP contribution in [0.3, 0.4) is 0 Å². The summed E-state index contributed by atoms with van der Waals surface area (Å²) in [6.45, 7) is 2.79. The Morgan fingerprint density at radius 1 is 1.44 bits per heavy atom. The maximum Gasteiger partial charge on any atom is 0.203 e. The van der Waals surface area contributed by atoms with Crippen molar-refractivity contribution in [2.24, 2.45) is 0 Å². The molecule has 0 spiro atoms. The normalized spacial score (nSPS) is 16.3. The Morgan fingerprint density at radius 2 is 2.28 bits per heavy atom. The summed E-state index contributed by atoms with van der Waals surface area (Å²) in [5.41, 5.74) is 1.09. The first-order valence-electron chi connectivity index (χ1n) is 6.50. The molecule has 18 heavy (non-hydrogen) atoms. The van der Waals surface area contributed by atoms with Crippen LogP contribution in [0.15, 0.2) is 17.8 Å². The highest BCUT2D eigenvalue weighted by Gasteiger charge is 2.19. The van der Waals surface area contributed by atoms with Crippen LogP contribution in [-0.2, 0) is 6.54 Å². The third kappa shape index (κ3) is 2.41. The van der Waals surface area contributed by atoms with Crippen molar-refractivity contribution in [2.75, 3.05) is 5.32 Å². The van der Waals surface area contributed by atoms with Gasteiger partial charge < -0.3 is 9.88 Å². The van der Waals surface area contributed by atoms with Crippen LogP contribution in [0.1, 0.15) is 42.4 Å². The van der Waals surface area contributed by atoms with Gasteiger partial charge in [0.05, 0.1) is 6.54 Å². The van der Waals surface area contributed by atoms with Crippen LogP contribution in [0, 0.1) is 6.92 Å². The molecule has 5 heteroatoms. The van der Waals surface area contributed by atoms with E-state index in [2.05, 4.69) is 31.4 Å². The maximum atomic E-state index is 4.46. The molecule has 0 aromatic carbocycles. The topological polar surface area (TPSA) is 42.7 Å². The fourth-order valence-electron chi connectivity index (χ4n) is 2.57. The fraction of sp³-hybridized carbons (Fsp3) is 0.538. The molecule has 1 aliphatic rings. The standard InChI is InChI=1S/C13H18N4S/c1-10-9-18-12(16-10)8-15-13-14-6-7-17(13)11-4-2-3-5-11/h6-7,9,11H,2-5,8H2,1H3,(H,14,15). The quantitative estimate of drug-likeness (QED) is 0.918. The van der Waals surface area contributed by atoms with Gasteiger partial charge >= 0.3 is 0 Å². The van der Waals surface area contributed by atoms with Crippen molar-refractivity contribution in [3.8, 4) is 0 Å². The second-order valence-electron chi connectivity index (χ2n) is 4.83. The molecule has 2 aromatic rings. The Hall–Kier alpha value is -1.36. The maximum absolute atomic E-state index is 4.46. The summed E-state index contributed by atoms with van der Waals surface area (Å²) in [6, 6.07) is 0.632. The Labute approximate surface area is 111 Å². The zero-order valence-electron chi connectivity index (χ0n) is 10.6. The van der Waals surface area contributed by atoms with Crippen molar-refractivity contribution in [2.45, 2.75) is 45.2 Å². The molecule has 3 rings (SSSR count). The smallest absolute Gasteiger partial charge is 0.203 e. The van der Waals surface area contributed by atoms with Gasteiger partial charge in [0, 0.05) is 29.5 Å². The van der Waals surface area contributed by atoms with E-state index in [1.54, 1.807) is 11.3 Å². The Bertz CT molecular complexity index is 511. The van der Waals surface area contributed by atoms with Crippen LogP contribution in [0.5, 0.6) is 0 Å². The van der Waals surface area contributed by atoms with Gasteiger partial charge in [-0.1, -0.05) is 12.8 Å². The lowest BCUT2D eigenvalue weighted by molar-refractivity contribution is 0.523. The largest absolute Gasteiger partial charge is 0.349 e. The number of imidazole rings is 1. The second-order valence-corrected chi connectivity index (χ2v) is 5.78. The minimum Gasteiger partial charge on any atom is -0.349 e. The van der Waals surface area contributed by atoms with Crippen LogP contribution < -0.4 is 5.32 Å². The molecule has 1 aliphatic carbocycles. The molecule has 4 nitrogen and oxygen atoms in total. The van der Waals surface area contributed by atoms with Gasteiger partial charge in [-0.2, -0.15) is 0 Å². The van der Waals surface area contributed by atoms with Crippen LogP contribution in [0.4, 0.5) is 5.95 Å². The Balaban J connectivity index is 1.67. The average molecular weight is 262 g/mol. The third-order valence-electron chi connectivity index (χ3n) is 3.45. The first-order valence-corrected chi connectivity index (χ1v) is 7.38. The zero-order chi connectivity index (χ0) is 12.4. The first-order chi connectivity index (χ1) is 8.83. The van der Waals surface area contributed by atoms with E-state index in [-0.39, 0.29) is 0 Å². The number of anilines is 1. The molecule has 2 heterocycles. The van der Waals surface area contributed by atoms with Crippen molar-refractivity contribution in [1.82, 2.24) is 14.5 Å². The van der Waals surface area contributed by atoms with Gasteiger partial charge in [0.2, 0.25) is 5.95 Å². The second kappa shape index (κ2) is 5.10. The number of hydrogen-bond acceptors (Lipinski definition) is 4. The summed E-state index contributed by atoms with van der Waals surface area (Å²) in [6.07, 6.45) is 9.21. The third-order valence-corrected chi connectivity index (χ3v) is 4.42. The van der Waals surface area contributed by atoms with E-state index < -0.39 is 0 Å². The van der Waals surface area contributed by atoms with E-state index in [1.807, 2.05) is 13.1 Å². The molecule has 0 bridgehead atoms. The van der Waals surface area contributed by atoms with Gasteiger partial charge in [-0.05, 0) is 19.8 Å². The molecule has 0 atom stereocenters. The first kappa shape index (κ1) is 11.7. The summed E-state index contributed by atoms with van der Waals surface area (Å²) >= 11 is 1.70. The lowest BCUT2D eigenvalue weighted by Crippen LogP contribution is -2.10. The predicted molar refractivity (Wildman–Crippen MR) is 73.9 cm³/mol. The summed E-state index contributed by atoms with van der Waals surface area (Å²) in [5.74, 6) is 0.981. The number of aromatic nitrogens is 3. The van der Waals surface area contributed by atoms with Gasteiger partial charge in [-0.25, -0.2) is 9.97 Å². The van der Waals surface area contributed by atoms with Crippen molar-refractivity contribution in [3.05, 3.63) is 28.5 Å². The highest BCUT2D eigenvalue weighted by atomic mass is 32.1. The molecular formula is C13H18N4S. The van der Waals surface area contributed by atoms with Crippen molar-refractivity contribution < 1.29 is 0 Å². The van der Waals surface area contributed by atoms with Gasteiger partial charge in [-0.15, -0.1) is 11.3 Å². The minimum absolute atomic E-state index is 0.632. The van der Waals surface area contributed by atoms with E-state index in [4.69, 9.17) is 0 Å². The van der Waals surface area contributed by atoms with Crippen LogP contribution in [0.25, 0.3) is 0 Å². The van der Waals surface area contributed by atoms with Gasteiger partial charge in [0.15, 0.2) is 0 Å². The predicted octanol–water partition coefficient (Wildman–Crippen LogP) is 3.38. The highest BCUT2D eigenvalue weighted by molar-refractivity contribution is 7.09. The molecule has 1 saturated carbocycles. The Kier molecular flexibility index (Phi) is 3.32. The van der Waals surface area contributed by atoms with Gasteiger partial charge in [0.1, 0.15) is 5.01 Å². The van der Waals surface area contributed by atoms with Crippen LogP contribution in [0.2, 0.25) is 0 Å². The molecular weight excluding hydrogens is 244 g/mol. The molecule has 0 aliphatic heterocycles. The van der Waals surface area contributed by atoms with E-state index >= 15 is 0 Å². The number of thiazole rings is 1. The molecule has 0 saturated heterocycles. The number of nitrogens with zero attached hydrogens (tertiary/aromatic N) is 3. The molecule has 1 fully saturated rings. The average Bonchev–Trinajstić information content (AvgIpc) is 3.07. The van der Waals surface area contributed by atoms with E-state index in [1.165, 1.54) is 25.7 Å². The van der Waals surface area contributed by atoms with Crippen LogP contribution in [-0.4, -0.2) is 14.5 Å². The van der Waals surface area contributed by atoms with Crippen molar-refractivity contribution >= 4 is 17.3 Å². The van der Waals surface area contributed by atoms with E-state index in [0.717, 1.165) is 23.2 Å². The number of rotatable bonds is 4. The van der Waals surface area contributed by atoms with Crippen molar-refractivity contribution in [3.63, 3.8) is 0 Å². The molecule has 0 amide bonds. The lowest BCUT2D eigenvalue weighted by atomic mass is 10.2. The number of aryl methyl sites for hydroxylation is 1. The van der Waals surface area contributed by atoms with E-state index in [0.29, 0.717) is 6.04 Å². The molecule has 0 unspecified atom stereocenters. The van der Waals surface area contributed by atoms with Crippen molar-refractivity contribution in [1.29, 1.82) is 0 Å². The minimum atomic E-state index is 0.632. The SMILES string of the molecule is Cc1csc(CNc2nccn2C2CCCC2)n1. The van der Waals surface area contributed by atoms with Gasteiger partial charge in [0.25, 0.3) is 0 Å². The fourth-order valence-corrected chi connectivity index (χ4v) is 3.28. The molecule has 2 aromatic heterocycles. The lowest BCUT2D eigenvalue weighted by Gasteiger charge is -2.15. The number of nitrogens with one attached hydrogen (secondary N) is 1. The summed E-state index contributed by atoms with van der Waals surface area (Å²) in [4.78, 5) is 8.87. The van der Waals surface area contributed by atoms with E-state index in [9.17, 15) is 0 Å².